The smallest absolute Gasteiger partial charge is 0.339 e. The van der Waals surface area contributed by atoms with Crippen molar-refractivity contribution in [2.45, 2.75) is 25.2 Å². The fraction of sp³-hybridized carbons (Fsp3) is 0.100. The summed E-state index contributed by atoms with van der Waals surface area (Å²) in [5, 5.41) is 27.2. The maximum absolute atomic E-state index is 14.4. The second-order valence-electron chi connectivity index (χ2n) is 12.1. The van der Waals surface area contributed by atoms with Gasteiger partial charge < -0.3 is 20.8 Å². The van der Waals surface area contributed by atoms with Crippen LogP contribution in [0.3, 0.4) is 0 Å². The third-order valence-electron chi connectivity index (χ3n) is 8.18. The fourth-order valence-electron chi connectivity index (χ4n) is 5.35. The van der Waals surface area contributed by atoms with E-state index < -0.39 is 54.2 Å². The molecule has 4 aromatic carbocycles. The predicted molar refractivity (Wildman–Crippen MR) is 226 cm³/mol. The van der Waals surface area contributed by atoms with Gasteiger partial charge in [0.1, 0.15) is 32.8 Å². The molecule has 18 heteroatoms. The lowest BCUT2D eigenvalue weighted by molar-refractivity contribution is -0.121. The number of hydrogen-bond acceptors (Lipinski definition) is 6. The minimum Gasteiger partial charge on any atom is -0.478 e. The minimum atomic E-state index is -2.03. The molecule has 4 N–H and O–H groups in total. The molecule has 0 saturated heterocycles. The van der Waals surface area contributed by atoms with Gasteiger partial charge in [0, 0.05) is 53.7 Å². The van der Waals surface area contributed by atoms with Crippen molar-refractivity contribution in [3.8, 4) is 22.3 Å². The summed E-state index contributed by atoms with van der Waals surface area (Å²) in [6, 6.07) is 20.9. The van der Waals surface area contributed by atoms with Crippen molar-refractivity contribution in [2.24, 2.45) is 0 Å². The molecule has 0 aliphatic carbocycles. The lowest BCUT2D eigenvalue weighted by Crippen LogP contribution is -2.26. The third-order valence-corrected chi connectivity index (χ3v) is 11.8. The monoisotopic (exact) mass is 998 g/mol. The molecule has 0 fully saturated rings. The zero-order valence-electron chi connectivity index (χ0n) is 29.2. The predicted octanol–water partition coefficient (Wildman–Crippen LogP) is 12.4. The van der Waals surface area contributed by atoms with Crippen molar-refractivity contribution in [1.29, 1.82) is 0 Å². The van der Waals surface area contributed by atoms with Crippen LogP contribution in [0, 0.1) is 11.6 Å². The van der Waals surface area contributed by atoms with Crippen LogP contribution in [0.2, 0.25) is 10.0 Å². The van der Waals surface area contributed by atoms with Gasteiger partial charge in [-0.2, -0.15) is 0 Å². The second kappa shape index (κ2) is 19.9. The van der Waals surface area contributed by atoms with E-state index in [-0.39, 0.29) is 48.7 Å². The standard InChI is InChI=1S/2C20H13BrClF2NO3S/c21-12-4-1-10(2-5-12)14-9-29-19(17(14)20(27)28)25-18(26)16(24)7-11-3-6-13(23)8-15(11)22;21-12-3-1-10(2-4-12)14-9-29-19(17(14)20(27)28)25-18(26)16(24)8-11-7-13(23)5-6-15(11)22/h1-6,8-9,16H,7H2,(H,25,26)(H,27,28);1-7,9,16H,8H2,(H,25,26)(H,27,28). The van der Waals surface area contributed by atoms with Crippen LogP contribution in [-0.4, -0.2) is 46.3 Å². The van der Waals surface area contributed by atoms with E-state index >= 15 is 0 Å². The van der Waals surface area contributed by atoms with Gasteiger partial charge in [-0.3, -0.25) is 9.59 Å². The van der Waals surface area contributed by atoms with Crippen molar-refractivity contribution in [1.82, 2.24) is 0 Å². The van der Waals surface area contributed by atoms with E-state index in [1.54, 1.807) is 59.3 Å². The number of rotatable bonds is 12. The molecule has 0 aliphatic rings. The Morgan fingerprint density at radius 3 is 1.45 bits per heavy atom. The summed E-state index contributed by atoms with van der Waals surface area (Å²) in [5.74, 6) is -5.68. The Bertz CT molecular complexity index is 2490. The van der Waals surface area contributed by atoms with Gasteiger partial charge in [0.2, 0.25) is 0 Å². The molecule has 300 valence electrons. The van der Waals surface area contributed by atoms with Crippen molar-refractivity contribution < 1.29 is 47.0 Å². The molecule has 2 unspecified atom stereocenters. The first kappa shape index (κ1) is 44.5. The van der Waals surface area contributed by atoms with Crippen LogP contribution >= 0.6 is 77.7 Å². The SMILES string of the molecule is O=C(O)c1c(-c2ccc(Br)cc2)csc1NC(=O)C(F)Cc1cc(F)ccc1Cl.O=C(O)c1c(-c2ccc(Br)cc2)csc1NC(=O)C(F)Cc1ccc(F)cc1Cl. The van der Waals surface area contributed by atoms with E-state index in [1.165, 1.54) is 12.1 Å². The van der Waals surface area contributed by atoms with Crippen molar-refractivity contribution in [3.63, 3.8) is 0 Å². The van der Waals surface area contributed by atoms with E-state index in [2.05, 4.69) is 42.5 Å². The van der Waals surface area contributed by atoms with E-state index in [0.717, 1.165) is 55.9 Å². The molecule has 0 aliphatic heterocycles. The molecule has 8 nitrogen and oxygen atoms in total. The Balaban J connectivity index is 0.000000221. The average molecular weight is 1000 g/mol. The Morgan fingerprint density at radius 2 is 1.02 bits per heavy atom. The zero-order chi connectivity index (χ0) is 42.3. The number of carboxylic acids is 2. The number of carbonyl (C=O) groups is 4. The van der Waals surface area contributed by atoms with E-state index in [0.29, 0.717) is 22.3 Å². The van der Waals surface area contributed by atoms with Gasteiger partial charge in [0.05, 0.1) is 0 Å². The van der Waals surface area contributed by atoms with Crippen molar-refractivity contribution in [3.05, 3.63) is 149 Å². The number of amides is 2. The Hall–Kier alpha value is -4.58. The number of halogens is 8. The van der Waals surface area contributed by atoms with Gasteiger partial charge in [0.25, 0.3) is 11.8 Å². The molecule has 0 bridgehead atoms. The number of benzene rings is 4. The number of anilines is 2. The van der Waals surface area contributed by atoms with Crippen LogP contribution in [0.4, 0.5) is 27.6 Å². The number of aromatic carboxylic acids is 2. The highest BCUT2D eigenvalue weighted by atomic mass is 79.9. The number of carbonyl (C=O) groups excluding carboxylic acids is 2. The van der Waals surface area contributed by atoms with Gasteiger partial charge in [-0.15, -0.1) is 22.7 Å². The quantitative estimate of drug-likeness (QED) is 0.0903. The lowest BCUT2D eigenvalue weighted by atomic mass is 10.0. The summed E-state index contributed by atoms with van der Waals surface area (Å²) in [5.41, 5.74) is 2.31. The highest BCUT2D eigenvalue weighted by Crippen LogP contribution is 2.38. The summed E-state index contributed by atoms with van der Waals surface area (Å²) < 4.78 is 57.0. The Labute approximate surface area is 362 Å². The third kappa shape index (κ3) is 11.3. The largest absolute Gasteiger partial charge is 0.478 e. The molecule has 6 rings (SSSR count). The molecule has 2 amide bonds. The maximum atomic E-state index is 14.4. The molecule has 0 spiro atoms. The Morgan fingerprint density at radius 1 is 0.603 bits per heavy atom. The minimum absolute atomic E-state index is 0.0142. The van der Waals surface area contributed by atoms with Gasteiger partial charge in [-0.25, -0.2) is 27.2 Å². The number of alkyl halides is 2. The van der Waals surface area contributed by atoms with Crippen LogP contribution in [-0.2, 0) is 22.4 Å². The average Bonchev–Trinajstić information content (AvgIpc) is 3.79. The number of thiophene rings is 2. The lowest BCUT2D eigenvalue weighted by Gasteiger charge is -2.11. The molecule has 2 atom stereocenters. The van der Waals surface area contributed by atoms with E-state index in [4.69, 9.17) is 23.2 Å². The van der Waals surface area contributed by atoms with Crippen molar-refractivity contribution in [2.75, 3.05) is 10.6 Å². The second-order valence-corrected chi connectivity index (χ2v) is 16.5. The first-order valence-electron chi connectivity index (χ1n) is 16.5. The van der Waals surface area contributed by atoms with Crippen LogP contribution in [0.25, 0.3) is 22.3 Å². The topological polar surface area (TPSA) is 133 Å². The van der Waals surface area contributed by atoms with Crippen molar-refractivity contribution >= 4 is 111 Å². The van der Waals surface area contributed by atoms with Crippen LogP contribution in [0.5, 0.6) is 0 Å². The number of nitrogens with one attached hydrogen (secondary N) is 2. The summed E-state index contributed by atoms with van der Waals surface area (Å²) in [6.45, 7) is 0. The summed E-state index contributed by atoms with van der Waals surface area (Å²) in [6.07, 6.45) is -4.82. The van der Waals surface area contributed by atoms with Gasteiger partial charge in [-0.05, 0) is 76.9 Å². The summed E-state index contributed by atoms with van der Waals surface area (Å²) >= 11 is 20.4. The van der Waals surface area contributed by atoms with Gasteiger partial charge >= 0.3 is 11.9 Å². The van der Waals surface area contributed by atoms with E-state index in [9.17, 15) is 47.0 Å². The van der Waals surface area contributed by atoms with Crippen LogP contribution < -0.4 is 10.6 Å². The molecular weight excluding hydrogens is 975 g/mol. The molecule has 2 heterocycles. The van der Waals surface area contributed by atoms with E-state index in [1.807, 2.05) is 0 Å². The highest BCUT2D eigenvalue weighted by Gasteiger charge is 2.27. The van der Waals surface area contributed by atoms with Gasteiger partial charge in [0.15, 0.2) is 12.3 Å². The zero-order valence-corrected chi connectivity index (χ0v) is 35.5. The molecule has 0 radical (unpaired) electrons. The van der Waals surface area contributed by atoms with Gasteiger partial charge in [-0.1, -0.05) is 85.4 Å². The first-order valence-corrected chi connectivity index (χ1v) is 20.6. The summed E-state index contributed by atoms with van der Waals surface area (Å²) in [7, 11) is 0. The molecule has 6 aromatic rings. The Kier molecular flexibility index (Phi) is 15.3. The number of hydrogen-bond donors (Lipinski definition) is 4. The molecular formula is C40H26Br2Cl2F4N2O6S2. The molecule has 0 saturated carbocycles. The first-order chi connectivity index (χ1) is 27.5. The maximum Gasteiger partial charge on any atom is 0.339 e. The normalized spacial score (nSPS) is 11.9. The number of carboxylic acid groups (broad SMARTS) is 2. The van der Waals surface area contributed by atoms with Crippen LogP contribution in [0.15, 0.2) is 105 Å². The highest BCUT2D eigenvalue weighted by molar-refractivity contribution is 9.10. The van der Waals surface area contributed by atoms with Crippen LogP contribution in [0.1, 0.15) is 31.8 Å². The fourth-order valence-corrected chi connectivity index (χ4v) is 8.24. The summed E-state index contributed by atoms with van der Waals surface area (Å²) in [4.78, 5) is 48.1. The molecule has 58 heavy (non-hydrogen) atoms. The molecule has 2 aromatic heterocycles.